The van der Waals surface area contributed by atoms with E-state index in [1.54, 1.807) is 27.6 Å². The molecule has 1 heterocycles. The molecular formula is C10H18N2S3. The third-order valence-corrected chi connectivity index (χ3v) is 5.95. The minimum atomic E-state index is 0.272. The van der Waals surface area contributed by atoms with E-state index in [4.69, 9.17) is 0 Å². The van der Waals surface area contributed by atoms with Crippen LogP contribution in [0.15, 0.2) is 9.85 Å². The van der Waals surface area contributed by atoms with Crippen LogP contribution in [0.25, 0.3) is 0 Å². The molecule has 0 amide bonds. The molecule has 0 aliphatic carbocycles. The summed E-state index contributed by atoms with van der Waals surface area (Å²) < 4.78 is 1.32. The average molecular weight is 262 g/mol. The van der Waals surface area contributed by atoms with Gasteiger partial charge in [-0.15, -0.1) is 10.2 Å². The summed E-state index contributed by atoms with van der Waals surface area (Å²) in [5.74, 6) is 0. The fourth-order valence-electron chi connectivity index (χ4n) is 1.65. The molecule has 1 aromatic heterocycles. The lowest BCUT2D eigenvalue weighted by atomic mass is 9.86. The Balaban J connectivity index is 2.43. The summed E-state index contributed by atoms with van der Waals surface area (Å²) in [6.45, 7) is 11.4. The highest BCUT2D eigenvalue weighted by Crippen LogP contribution is 2.46. The van der Waals surface area contributed by atoms with Gasteiger partial charge in [0.25, 0.3) is 0 Å². The zero-order valence-corrected chi connectivity index (χ0v) is 12.4. The molecule has 1 rings (SSSR count). The van der Waals surface area contributed by atoms with E-state index in [0.717, 1.165) is 4.34 Å². The molecule has 86 valence electrons. The molecule has 5 heteroatoms. The molecule has 0 bridgehead atoms. The predicted octanol–water partition coefficient (Wildman–Crippen LogP) is 4.49. The Morgan fingerprint density at radius 1 is 1.27 bits per heavy atom. The minimum absolute atomic E-state index is 0.272. The second kappa shape index (κ2) is 5.06. The fraction of sp³-hybridized carbons (Fsp3) is 0.800. The molecule has 0 N–H and O–H groups in total. The first-order valence-electron chi connectivity index (χ1n) is 4.90. The lowest BCUT2D eigenvalue weighted by Crippen LogP contribution is -2.22. The zero-order chi connectivity index (χ0) is 11.5. The highest BCUT2D eigenvalue weighted by atomic mass is 33.1. The van der Waals surface area contributed by atoms with E-state index in [1.807, 2.05) is 10.8 Å². The topological polar surface area (TPSA) is 25.8 Å². The van der Waals surface area contributed by atoms with E-state index in [2.05, 4.69) is 44.8 Å². The monoisotopic (exact) mass is 262 g/mol. The minimum Gasteiger partial charge on any atom is -0.146 e. The first kappa shape index (κ1) is 13.3. The Bertz CT molecular complexity index is 288. The summed E-state index contributed by atoms with van der Waals surface area (Å²) in [6.07, 6.45) is 1.19. The second-order valence-electron chi connectivity index (χ2n) is 5.37. The van der Waals surface area contributed by atoms with Crippen molar-refractivity contribution in [1.82, 2.24) is 10.2 Å². The first-order valence-corrected chi connectivity index (χ1v) is 7.93. The van der Waals surface area contributed by atoms with Crippen molar-refractivity contribution >= 4 is 32.9 Å². The van der Waals surface area contributed by atoms with Crippen molar-refractivity contribution in [3.8, 4) is 0 Å². The van der Waals surface area contributed by atoms with E-state index >= 15 is 0 Å². The molecule has 15 heavy (non-hydrogen) atoms. The summed E-state index contributed by atoms with van der Waals surface area (Å²) in [7, 11) is 3.62. The molecule has 0 aromatic carbocycles. The van der Waals surface area contributed by atoms with Crippen LogP contribution in [0, 0.1) is 5.41 Å². The zero-order valence-electron chi connectivity index (χ0n) is 9.90. The predicted molar refractivity (Wildman–Crippen MR) is 71.5 cm³/mol. The molecule has 1 aromatic rings. The molecular weight excluding hydrogens is 244 g/mol. The number of hydrogen-bond acceptors (Lipinski definition) is 5. The molecule has 0 saturated carbocycles. The van der Waals surface area contributed by atoms with Crippen molar-refractivity contribution in [2.24, 2.45) is 5.41 Å². The third-order valence-electron chi connectivity index (χ3n) is 1.63. The smallest absolute Gasteiger partial charge is 0.146 e. The first-order chi connectivity index (χ1) is 6.79. The molecule has 0 saturated heterocycles. The highest BCUT2D eigenvalue weighted by molar-refractivity contribution is 8.77. The fourth-order valence-corrected chi connectivity index (χ4v) is 4.92. The Labute approximate surface area is 104 Å². The van der Waals surface area contributed by atoms with Crippen LogP contribution in [0.1, 0.15) is 41.0 Å². The molecule has 0 unspecified atom stereocenters. The number of aromatic nitrogens is 2. The van der Waals surface area contributed by atoms with Crippen molar-refractivity contribution in [1.29, 1.82) is 0 Å². The molecule has 0 aliphatic rings. The van der Waals surface area contributed by atoms with Gasteiger partial charge in [-0.3, -0.25) is 0 Å². The van der Waals surface area contributed by atoms with Crippen LogP contribution in [0.5, 0.6) is 0 Å². The maximum Gasteiger partial charge on any atom is 0.184 e. The Hall–Kier alpha value is 0.260. The van der Waals surface area contributed by atoms with Gasteiger partial charge >= 0.3 is 0 Å². The largest absolute Gasteiger partial charge is 0.184 e. The van der Waals surface area contributed by atoms with E-state index < -0.39 is 0 Å². The molecule has 0 radical (unpaired) electrons. The lowest BCUT2D eigenvalue weighted by molar-refractivity contribution is 0.340. The van der Waals surface area contributed by atoms with Gasteiger partial charge in [0.05, 0.1) is 0 Å². The quantitative estimate of drug-likeness (QED) is 0.747. The van der Waals surface area contributed by atoms with Crippen molar-refractivity contribution < 1.29 is 0 Å². The molecule has 0 atom stereocenters. The van der Waals surface area contributed by atoms with E-state index in [1.165, 1.54) is 6.42 Å². The van der Waals surface area contributed by atoms with Crippen LogP contribution < -0.4 is 0 Å². The van der Waals surface area contributed by atoms with Gasteiger partial charge in [0.2, 0.25) is 0 Å². The van der Waals surface area contributed by atoms with Crippen LogP contribution in [-0.2, 0) is 0 Å². The second-order valence-corrected chi connectivity index (χ2v) is 9.29. The third kappa shape index (κ3) is 5.78. The van der Waals surface area contributed by atoms with E-state index in [-0.39, 0.29) is 4.75 Å². The summed E-state index contributed by atoms with van der Waals surface area (Å²) in [4.78, 5) is 0. The van der Waals surface area contributed by atoms with Crippen LogP contribution in [0.2, 0.25) is 0 Å². The highest BCUT2D eigenvalue weighted by Gasteiger charge is 2.26. The summed E-state index contributed by atoms with van der Waals surface area (Å²) in [5, 5.41) is 7.86. The van der Waals surface area contributed by atoms with Crippen LogP contribution in [0.4, 0.5) is 0 Å². The van der Waals surface area contributed by atoms with Gasteiger partial charge in [0.1, 0.15) is 5.51 Å². The van der Waals surface area contributed by atoms with Crippen molar-refractivity contribution in [3.63, 3.8) is 0 Å². The van der Waals surface area contributed by atoms with Crippen molar-refractivity contribution in [3.05, 3.63) is 5.51 Å². The van der Waals surface area contributed by atoms with Crippen LogP contribution >= 0.6 is 32.9 Å². The Kier molecular flexibility index (Phi) is 4.50. The van der Waals surface area contributed by atoms with Crippen LogP contribution in [-0.4, -0.2) is 14.9 Å². The maximum atomic E-state index is 4.03. The maximum absolute atomic E-state index is 4.03. The van der Waals surface area contributed by atoms with Gasteiger partial charge in [0, 0.05) is 4.75 Å². The summed E-state index contributed by atoms with van der Waals surface area (Å²) in [6, 6.07) is 0. The van der Waals surface area contributed by atoms with Crippen molar-refractivity contribution in [2.45, 2.75) is 50.1 Å². The molecule has 0 fully saturated rings. The molecule has 0 spiro atoms. The number of hydrogen-bond donors (Lipinski definition) is 0. The lowest BCUT2D eigenvalue weighted by Gasteiger charge is -2.30. The van der Waals surface area contributed by atoms with Crippen molar-refractivity contribution in [2.75, 3.05) is 0 Å². The van der Waals surface area contributed by atoms with Gasteiger partial charge in [-0.25, -0.2) is 0 Å². The van der Waals surface area contributed by atoms with E-state index in [9.17, 15) is 0 Å². The number of nitrogens with zero attached hydrogens (tertiary/aromatic N) is 2. The molecule has 0 aliphatic heterocycles. The normalized spacial score (nSPS) is 13.1. The average Bonchev–Trinajstić information content (AvgIpc) is 2.47. The van der Waals surface area contributed by atoms with E-state index in [0.29, 0.717) is 5.41 Å². The Morgan fingerprint density at radius 3 is 2.40 bits per heavy atom. The standard InChI is InChI=1S/C10H18N2S3/c1-9(2,3)6-10(4,5)15-14-8-12-11-7-13-8/h7H,6H2,1-5H3. The SMILES string of the molecule is CC(C)(C)CC(C)(C)SSc1nncs1. The number of rotatable bonds is 4. The van der Waals surface area contributed by atoms with Gasteiger partial charge in [-0.05, 0) is 36.5 Å². The van der Waals surface area contributed by atoms with Crippen LogP contribution in [0.3, 0.4) is 0 Å². The Morgan fingerprint density at radius 2 is 1.93 bits per heavy atom. The van der Waals surface area contributed by atoms with Gasteiger partial charge < -0.3 is 0 Å². The summed E-state index contributed by atoms with van der Waals surface area (Å²) in [5.41, 5.74) is 2.15. The summed E-state index contributed by atoms with van der Waals surface area (Å²) >= 11 is 1.60. The van der Waals surface area contributed by atoms with Gasteiger partial charge in [-0.1, -0.05) is 42.9 Å². The van der Waals surface area contributed by atoms with Gasteiger partial charge in [-0.2, -0.15) is 0 Å². The molecule has 2 nitrogen and oxygen atoms in total. The van der Waals surface area contributed by atoms with Gasteiger partial charge in [0.15, 0.2) is 4.34 Å².